The SMILES string of the molecule is COc1cccc(CNC(C)C(O)c2ccccc2)c1OCc1ccc(C)cc1. The Morgan fingerprint density at radius 2 is 1.66 bits per heavy atom. The molecule has 2 atom stereocenters. The largest absolute Gasteiger partial charge is 0.493 e. The molecule has 0 heterocycles. The van der Waals surface area contributed by atoms with Gasteiger partial charge in [-0.15, -0.1) is 0 Å². The molecule has 0 saturated heterocycles. The maximum absolute atomic E-state index is 10.6. The van der Waals surface area contributed by atoms with Crippen molar-refractivity contribution in [1.82, 2.24) is 5.32 Å². The van der Waals surface area contributed by atoms with Crippen LogP contribution in [-0.4, -0.2) is 18.3 Å². The Bertz CT molecular complexity index is 894. The molecular weight excluding hydrogens is 362 g/mol. The average Bonchev–Trinajstić information content (AvgIpc) is 2.77. The van der Waals surface area contributed by atoms with Gasteiger partial charge in [0.2, 0.25) is 0 Å². The van der Waals surface area contributed by atoms with Crippen LogP contribution < -0.4 is 14.8 Å². The number of para-hydroxylation sites is 1. The monoisotopic (exact) mass is 391 g/mol. The summed E-state index contributed by atoms with van der Waals surface area (Å²) in [6, 6.07) is 23.7. The lowest BCUT2D eigenvalue weighted by Crippen LogP contribution is -2.31. The smallest absolute Gasteiger partial charge is 0.166 e. The summed E-state index contributed by atoms with van der Waals surface area (Å²) in [5.41, 5.74) is 4.22. The van der Waals surface area contributed by atoms with E-state index in [0.717, 1.165) is 22.4 Å². The zero-order valence-electron chi connectivity index (χ0n) is 17.3. The highest BCUT2D eigenvalue weighted by Gasteiger charge is 2.17. The second-order valence-electron chi connectivity index (χ2n) is 7.25. The number of hydrogen-bond acceptors (Lipinski definition) is 4. The number of hydrogen-bond donors (Lipinski definition) is 2. The van der Waals surface area contributed by atoms with Crippen molar-refractivity contribution in [3.63, 3.8) is 0 Å². The van der Waals surface area contributed by atoms with Crippen LogP contribution in [0.15, 0.2) is 72.8 Å². The Hall–Kier alpha value is -2.82. The predicted molar refractivity (Wildman–Crippen MR) is 116 cm³/mol. The molecular formula is C25H29NO3. The van der Waals surface area contributed by atoms with Gasteiger partial charge in [0, 0.05) is 18.2 Å². The minimum atomic E-state index is -0.585. The lowest BCUT2D eigenvalue weighted by molar-refractivity contribution is 0.135. The molecule has 152 valence electrons. The summed E-state index contributed by atoms with van der Waals surface area (Å²) < 4.78 is 11.6. The molecule has 3 rings (SSSR count). The zero-order valence-corrected chi connectivity index (χ0v) is 17.3. The summed E-state index contributed by atoms with van der Waals surface area (Å²) in [7, 11) is 1.65. The van der Waals surface area contributed by atoms with Gasteiger partial charge < -0.3 is 19.9 Å². The summed E-state index contributed by atoms with van der Waals surface area (Å²) in [5, 5.41) is 14.0. The van der Waals surface area contributed by atoms with Gasteiger partial charge in [0.15, 0.2) is 11.5 Å². The standard InChI is InChI=1S/C25H29NO3/c1-18-12-14-20(15-13-18)17-29-25-22(10-7-11-23(25)28-3)16-26-19(2)24(27)21-8-5-4-6-9-21/h4-15,19,24,26-27H,16-17H2,1-3H3. The Labute approximate surface area is 173 Å². The first kappa shape index (κ1) is 20.9. The Balaban J connectivity index is 1.69. The van der Waals surface area contributed by atoms with Crippen molar-refractivity contribution in [2.75, 3.05) is 7.11 Å². The molecule has 0 amide bonds. The van der Waals surface area contributed by atoms with Crippen LogP contribution in [-0.2, 0) is 13.2 Å². The van der Waals surface area contributed by atoms with Gasteiger partial charge in [0.1, 0.15) is 6.61 Å². The van der Waals surface area contributed by atoms with Gasteiger partial charge in [0.25, 0.3) is 0 Å². The summed E-state index contributed by atoms with van der Waals surface area (Å²) in [4.78, 5) is 0. The minimum absolute atomic E-state index is 0.117. The summed E-state index contributed by atoms with van der Waals surface area (Å²) in [6.07, 6.45) is -0.585. The Kier molecular flexibility index (Phi) is 7.28. The van der Waals surface area contributed by atoms with Gasteiger partial charge in [-0.05, 0) is 31.0 Å². The fraction of sp³-hybridized carbons (Fsp3) is 0.280. The number of benzene rings is 3. The van der Waals surface area contributed by atoms with Crippen LogP contribution in [0.4, 0.5) is 0 Å². The quantitative estimate of drug-likeness (QED) is 0.550. The van der Waals surface area contributed by atoms with Crippen molar-refractivity contribution >= 4 is 0 Å². The molecule has 0 aromatic heterocycles. The van der Waals surface area contributed by atoms with Crippen molar-refractivity contribution in [3.05, 3.63) is 95.1 Å². The number of aliphatic hydroxyl groups excluding tert-OH is 1. The zero-order chi connectivity index (χ0) is 20.6. The van der Waals surface area contributed by atoms with Gasteiger partial charge in [-0.3, -0.25) is 0 Å². The molecule has 0 aliphatic carbocycles. The van der Waals surface area contributed by atoms with E-state index in [1.54, 1.807) is 7.11 Å². The first-order valence-corrected chi connectivity index (χ1v) is 9.89. The maximum Gasteiger partial charge on any atom is 0.166 e. The number of methoxy groups -OCH3 is 1. The molecule has 3 aromatic carbocycles. The molecule has 0 aliphatic rings. The molecule has 3 aromatic rings. The van der Waals surface area contributed by atoms with Crippen LogP contribution in [0.1, 0.15) is 35.3 Å². The number of rotatable bonds is 9. The van der Waals surface area contributed by atoms with Gasteiger partial charge in [-0.1, -0.05) is 72.3 Å². The highest BCUT2D eigenvalue weighted by Crippen LogP contribution is 2.32. The van der Waals surface area contributed by atoms with Crippen molar-refractivity contribution in [2.24, 2.45) is 0 Å². The third kappa shape index (κ3) is 5.59. The van der Waals surface area contributed by atoms with Gasteiger partial charge >= 0.3 is 0 Å². The topological polar surface area (TPSA) is 50.7 Å². The van der Waals surface area contributed by atoms with Crippen LogP contribution in [0.3, 0.4) is 0 Å². The molecule has 2 unspecified atom stereocenters. The van der Waals surface area contributed by atoms with Crippen molar-refractivity contribution in [1.29, 1.82) is 0 Å². The van der Waals surface area contributed by atoms with Crippen molar-refractivity contribution in [3.8, 4) is 11.5 Å². The lowest BCUT2D eigenvalue weighted by atomic mass is 10.0. The third-order valence-corrected chi connectivity index (χ3v) is 5.01. The van der Waals surface area contributed by atoms with E-state index in [1.165, 1.54) is 5.56 Å². The second kappa shape index (κ2) is 10.1. The third-order valence-electron chi connectivity index (χ3n) is 5.01. The van der Waals surface area contributed by atoms with Crippen molar-refractivity contribution < 1.29 is 14.6 Å². The van der Waals surface area contributed by atoms with Crippen LogP contribution in [0.25, 0.3) is 0 Å². The van der Waals surface area contributed by atoms with Crippen LogP contribution in [0.5, 0.6) is 11.5 Å². The molecule has 4 nitrogen and oxygen atoms in total. The average molecular weight is 392 g/mol. The van der Waals surface area contributed by atoms with Gasteiger partial charge in [-0.2, -0.15) is 0 Å². The van der Waals surface area contributed by atoms with E-state index in [0.29, 0.717) is 18.9 Å². The van der Waals surface area contributed by atoms with Gasteiger partial charge in [0.05, 0.1) is 13.2 Å². The van der Waals surface area contributed by atoms with E-state index in [2.05, 4.69) is 36.5 Å². The molecule has 0 saturated carbocycles. The molecule has 0 bridgehead atoms. The van der Waals surface area contributed by atoms with E-state index in [1.807, 2.05) is 55.5 Å². The summed E-state index contributed by atoms with van der Waals surface area (Å²) in [5.74, 6) is 1.43. The van der Waals surface area contributed by atoms with E-state index in [-0.39, 0.29) is 6.04 Å². The molecule has 0 spiro atoms. The Morgan fingerprint density at radius 3 is 2.34 bits per heavy atom. The highest BCUT2D eigenvalue weighted by atomic mass is 16.5. The molecule has 0 fully saturated rings. The summed E-state index contributed by atoms with van der Waals surface area (Å²) in [6.45, 7) is 5.08. The molecule has 0 aliphatic heterocycles. The normalized spacial score (nSPS) is 13.0. The molecule has 0 radical (unpaired) electrons. The number of aryl methyl sites for hydroxylation is 1. The highest BCUT2D eigenvalue weighted by molar-refractivity contribution is 5.46. The number of nitrogens with one attached hydrogen (secondary N) is 1. The maximum atomic E-state index is 10.6. The second-order valence-corrected chi connectivity index (χ2v) is 7.25. The minimum Gasteiger partial charge on any atom is -0.493 e. The van der Waals surface area contributed by atoms with E-state index >= 15 is 0 Å². The van der Waals surface area contributed by atoms with Crippen molar-refractivity contribution in [2.45, 2.75) is 39.1 Å². The Morgan fingerprint density at radius 1 is 0.931 bits per heavy atom. The predicted octanol–water partition coefficient (Wildman–Crippen LogP) is 4.79. The van der Waals surface area contributed by atoms with E-state index < -0.39 is 6.10 Å². The molecule has 29 heavy (non-hydrogen) atoms. The van der Waals surface area contributed by atoms with E-state index in [9.17, 15) is 5.11 Å². The number of aliphatic hydroxyl groups is 1. The van der Waals surface area contributed by atoms with Crippen LogP contribution >= 0.6 is 0 Å². The van der Waals surface area contributed by atoms with E-state index in [4.69, 9.17) is 9.47 Å². The molecule has 2 N–H and O–H groups in total. The molecule has 4 heteroatoms. The first-order chi connectivity index (χ1) is 14.1. The lowest BCUT2D eigenvalue weighted by Gasteiger charge is -2.22. The fourth-order valence-corrected chi connectivity index (χ4v) is 3.19. The first-order valence-electron chi connectivity index (χ1n) is 9.89. The fourth-order valence-electron chi connectivity index (χ4n) is 3.19. The van der Waals surface area contributed by atoms with Crippen LogP contribution in [0, 0.1) is 6.92 Å². The van der Waals surface area contributed by atoms with Gasteiger partial charge in [-0.25, -0.2) is 0 Å². The number of ether oxygens (including phenoxy) is 2. The van der Waals surface area contributed by atoms with Crippen LogP contribution in [0.2, 0.25) is 0 Å². The summed E-state index contributed by atoms with van der Waals surface area (Å²) >= 11 is 0.